The molecule has 0 aliphatic heterocycles. The van der Waals surface area contributed by atoms with Crippen LogP contribution in [-0.2, 0) is 11.1 Å². The molecular weight excluding hydrogens is 210 g/mol. The summed E-state index contributed by atoms with van der Waals surface area (Å²) >= 11 is -1.91. The molecule has 1 unspecified atom stereocenters. The SMILES string of the molecule is O=S(O)c1ccc(-c2ccncc2)cc1. The molecule has 3 nitrogen and oxygen atoms in total. The summed E-state index contributed by atoms with van der Waals surface area (Å²) < 4.78 is 19.6. The number of aromatic nitrogens is 1. The van der Waals surface area contributed by atoms with Gasteiger partial charge in [-0.2, -0.15) is 0 Å². The molecule has 0 aliphatic carbocycles. The van der Waals surface area contributed by atoms with Gasteiger partial charge in [0.1, 0.15) is 0 Å². The highest BCUT2D eigenvalue weighted by Crippen LogP contribution is 2.19. The Morgan fingerprint density at radius 3 is 2.00 bits per heavy atom. The van der Waals surface area contributed by atoms with Gasteiger partial charge in [-0.25, -0.2) is 4.21 Å². The molecule has 0 aliphatic rings. The molecule has 0 bridgehead atoms. The third-order valence-corrected chi connectivity index (χ3v) is 2.75. The Hall–Kier alpha value is -1.52. The molecule has 15 heavy (non-hydrogen) atoms. The number of benzene rings is 1. The number of hydrogen-bond acceptors (Lipinski definition) is 2. The van der Waals surface area contributed by atoms with E-state index in [1.165, 1.54) is 0 Å². The largest absolute Gasteiger partial charge is 0.302 e. The minimum atomic E-state index is -1.91. The van der Waals surface area contributed by atoms with Gasteiger partial charge >= 0.3 is 0 Å². The van der Waals surface area contributed by atoms with Crippen molar-refractivity contribution in [3.05, 3.63) is 48.8 Å². The average molecular weight is 219 g/mol. The maximum Gasteiger partial charge on any atom is 0.186 e. The van der Waals surface area contributed by atoms with Crippen LogP contribution in [0.4, 0.5) is 0 Å². The van der Waals surface area contributed by atoms with Gasteiger partial charge in [-0.15, -0.1) is 0 Å². The Balaban J connectivity index is 2.36. The molecule has 0 spiro atoms. The zero-order chi connectivity index (χ0) is 10.7. The molecule has 0 amide bonds. The number of rotatable bonds is 2. The van der Waals surface area contributed by atoms with Gasteiger partial charge in [0.15, 0.2) is 11.1 Å². The molecule has 0 fully saturated rings. The van der Waals surface area contributed by atoms with E-state index in [1.54, 1.807) is 24.5 Å². The molecule has 2 aromatic rings. The summed E-state index contributed by atoms with van der Waals surface area (Å²) in [5, 5.41) is 0. The smallest absolute Gasteiger partial charge is 0.186 e. The van der Waals surface area contributed by atoms with Crippen LogP contribution in [0.15, 0.2) is 53.7 Å². The zero-order valence-corrected chi connectivity index (χ0v) is 8.65. The lowest BCUT2D eigenvalue weighted by molar-refractivity contribution is 0.564. The predicted molar refractivity (Wildman–Crippen MR) is 58.7 cm³/mol. The zero-order valence-electron chi connectivity index (χ0n) is 7.83. The van der Waals surface area contributed by atoms with Crippen molar-refractivity contribution in [1.29, 1.82) is 0 Å². The van der Waals surface area contributed by atoms with Crippen LogP contribution in [0.5, 0.6) is 0 Å². The van der Waals surface area contributed by atoms with Gasteiger partial charge in [0, 0.05) is 12.4 Å². The Bertz CT molecular complexity index is 468. The van der Waals surface area contributed by atoms with Crippen molar-refractivity contribution in [2.24, 2.45) is 0 Å². The fraction of sp³-hybridized carbons (Fsp3) is 0. The Kier molecular flexibility index (Phi) is 2.89. The van der Waals surface area contributed by atoms with Crippen LogP contribution in [0.3, 0.4) is 0 Å². The van der Waals surface area contributed by atoms with Crippen molar-refractivity contribution in [3.8, 4) is 11.1 Å². The first-order valence-corrected chi connectivity index (χ1v) is 5.49. The van der Waals surface area contributed by atoms with Gasteiger partial charge in [-0.3, -0.25) is 4.98 Å². The van der Waals surface area contributed by atoms with E-state index in [0.29, 0.717) is 4.90 Å². The second kappa shape index (κ2) is 4.33. The van der Waals surface area contributed by atoms with Gasteiger partial charge in [0.05, 0.1) is 4.90 Å². The highest BCUT2D eigenvalue weighted by atomic mass is 32.2. The van der Waals surface area contributed by atoms with Crippen LogP contribution in [-0.4, -0.2) is 13.7 Å². The third-order valence-electron chi connectivity index (χ3n) is 2.07. The van der Waals surface area contributed by atoms with E-state index in [-0.39, 0.29) is 0 Å². The third kappa shape index (κ3) is 2.29. The molecule has 76 valence electrons. The molecule has 1 N–H and O–H groups in total. The van der Waals surface area contributed by atoms with Gasteiger partial charge in [0.25, 0.3) is 0 Å². The summed E-state index contributed by atoms with van der Waals surface area (Å²) in [6, 6.07) is 10.7. The van der Waals surface area contributed by atoms with E-state index in [2.05, 4.69) is 4.98 Å². The Labute approximate surface area is 90.1 Å². The van der Waals surface area contributed by atoms with Gasteiger partial charge in [-0.1, -0.05) is 12.1 Å². The van der Waals surface area contributed by atoms with E-state index in [9.17, 15) is 4.21 Å². The topological polar surface area (TPSA) is 50.2 Å². The molecule has 0 saturated heterocycles. The number of nitrogens with zero attached hydrogens (tertiary/aromatic N) is 1. The molecular formula is C11H9NO2S. The van der Waals surface area contributed by atoms with Gasteiger partial charge < -0.3 is 4.55 Å². The van der Waals surface area contributed by atoms with Gasteiger partial charge in [0.2, 0.25) is 0 Å². The molecule has 0 radical (unpaired) electrons. The predicted octanol–water partition coefficient (Wildman–Crippen LogP) is 2.33. The second-order valence-corrected chi connectivity index (χ2v) is 3.98. The van der Waals surface area contributed by atoms with E-state index < -0.39 is 11.1 Å². The van der Waals surface area contributed by atoms with E-state index in [4.69, 9.17) is 4.55 Å². The average Bonchev–Trinajstić information content (AvgIpc) is 2.30. The number of hydrogen-bond donors (Lipinski definition) is 1. The number of pyridine rings is 1. The Morgan fingerprint density at radius 2 is 1.47 bits per heavy atom. The fourth-order valence-corrected chi connectivity index (χ4v) is 1.68. The first kappa shape index (κ1) is 10.0. The quantitative estimate of drug-likeness (QED) is 0.789. The first-order valence-electron chi connectivity index (χ1n) is 4.39. The lowest BCUT2D eigenvalue weighted by Gasteiger charge is -2.01. The Morgan fingerprint density at radius 1 is 0.933 bits per heavy atom. The van der Waals surface area contributed by atoms with Crippen LogP contribution in [0, 0.1) is 0 Å². The second-order valence-electron chi connectivity index (χ2n) is 3.01. The van der Waals surface area contributed by atoms with Crippen molar-refractivity contribution < 1.29 is 8.76 Å². The minimum absolute atomic E-state index is 0.410. The highest BCUT2D eigenvalue weighted by Gasteiger charge is 2.00. The van der Waals surface area contributed by atoms with E-state index in [0.717, 1.165) is 11.1 Å². The molecule has 1 heterocycles. The molecule has 4 heteroatoms. The maximum absolute atomic E-state index is 10.7. The normalized spacial score (nSPS) is 12.3. The molecule has 1 atom stereocenters. The van der Waals surface area contributed by atoms with Crippen molar-refractivity contribution >= 4 is 11.1 Å². The van der Waals surface area contributed by atoms with E-state index in [1.807, 2.05) is 24.3 Å². The lowest BCUT2D eigenvalue weighted by Crippen LogP contribution is -1.87. The van der Waals surface area contributed by atoms with Crippen LogP contribution in [0.1, 0.15) is 0 Å². The minimum Gasteiger partial charge on any atom is -0.302 e. The van der Waals surface area contributed by atoms with Crippen molar-refractivity contribution in [2.75, 3.05) is 0 Å². The van der Waals surface area contributed by atoms with Crippen molar-refractivity contribution in [2.45, 2.75) is 4.90 Å². The van der Waals surface area contributed by atoms with Crippen molar-refractivity contribution in [3.63, 3.8) is 0 Å². The maximum atomic E-state index is 10.7. The van der Waals surface area contributed by atoms with Crippen LogP contribution in [0.2, 0.25) is 0 Å². The standard InChI is InChI=1S/C11H9NO2S/c13-15(14)11-3-1-9(2-4-11)10-5-7-12-8-6-10/h1-8H,(H,13,14). The highest BCUT2D eigenvalue weighted by molar-refractivity contribution is 7.79. The molecule has 1 aromatic heterocycles. The summed E-state index contributed by atoms with van der Waals surface area (Å²) in [5.74, 6) is 0. The van der Waals surface area contributed by atoms with Crippen LogP contribution < -0.4 is 0 Å². The summed E-state index contributed by atoms with van der Waals surface area (Å²) in [5.41, 5.74) is 2.05. The first-order chi connectivity index (χ1) is 7.27. The summed E-state index contributed by atoms with van der Waals surface area (Å²) in [6.45, 7) is 0. The van der Waals surface area contributed by atoms with Crippen molar-refractivity contribution in [1.82, 2.24) is 4.98 Å². The van der Waals surface area contributed by atoms with E-state index >= 15 is 0 Å². The van der Waals surface area contributed by atoms with Gasteiger partial charge in [-0.05, 0) is 35.4 Å². The molecule has 0 saturated carbocycles. The lowest BCUT2D eigenvalue weighted by atomic mass is 10.1. The van der Waals surface area contributed by atoms with Crippen LogP contribution >= 0.6 is 0 Å². The monoisotopic (exact) mass is 219 g/mol. The fourth-order valence-electron chi connectivity index (χ4n) is 1.31. The summed E-state index contributed by atoms with van der Waals surface area (Å²) in [6.07, 6.45) is 3.43. The van der Waals surface area contributed by atoms with Crippen LogP contribution in [0.25, 0.3) is 11.1 Å². The molecule has 1 aromatic carbocycles. The summed E-state index contributed by atoms with van der Waals surface area (Å²) in [4.78, 5) is 4.34. The molecule has 2 rings (SSSR count). The summed E-state index contributed by atoms with van der Waals surface area (Å²) in [7, 11) is 0.